The minimum atomic E-state index is 0.448. The van der Waals surface area contributed by atoms with Gasteiger partial charge in [-0.3, -0.25) is 4.99 Å². The van der Waals surface area contributed by atoms with Crippen molar-refractivity contribution >= 4 is 17.3 Å². The number of aliphatic imine (C=N–C) groups is 1. The van der Waals surface area contributed by atoms with Crippen LogP contribution in [0.15, 0.2) is 40.7 Å². The lowest BCUT2D eigenvalue weighted by molar-refractivity contribution is 0.310. The second kappa shape index (κ2) is 9.93. The summed E-state index contributed by atoms with van der Waals surface area (Å²) in [4.78, 5) is 5.67. The molecule has 25 heavy (non-hydrogen) atoms. The van der Waals surface area contributed by atoms with Crippen LogP contribution in [0.25, 0.3) is 0 Å². The van der Waals surface area contributed by atoms with Crippen LogP contribution in [0.1, 0.15) is 30.2 Å². The Morgan fingerprint density at radius 2 is 2.08 bits per heavy atom. The zero-order valence-corrected chi connectivity index (χ0v) is 16.2. The van der Waals surface area contributed by atoms with E-state index in [4.69, 9.17) is 9.47 Å². The van der Waals surface area contributed by atoms with E-state index >= 15 is 0 Å². The summed E-state index contributed by atoms with van der Waals surface area (Å²) in [6.07, 6.45) is 0. The van der Waals surface area contributed by atoms with E-state index in [1.165, 1.54) is 4.88 Å². The van der Waals surface area contributed by atoms with Crippen molar-refractivity contribution in [2.45, 2.75) is 26.3 Å². The van der Waals surface area contributed by atoms with E-state index in [1.807, 2.05) is 25.1 Å². The molecular weight excluding hydrogens is 334 g/mol. The number of guanidine groups is 1. The van der Waals surface area contributed by atoms with E-state index in [2.05, 4.69) is 40.1 Å². The smallest absolute Gasteiger partial charge is 0.191 e. The second-order valence-electron chi connectivity index (χ2n) is 5.64. The predicted octanol–water partition coefficient (Wildman–Crippen LogP) is 3.62. The number of thiophene rings is 1. The molecule has 0 fully saturated rings. The highest BCUT2D eigenvalue weighted by atomic mass is 32.1. The van der Waals surface area contributed by atoms with Gasteiger partial charge in [0.2, 0.25) is 0 Å². The molecule has 2 rings (SSSR count). The third kappa shape index (κ3) is 5.67. The van der Waals surface area contributed by atoms with Crippen LogP contribution in [0.4, 0.5) is 0 Å². The van der Waals surface area contributed by atoms with Crippen LogP contribution < -0.4 is 20.1 Å². The maximum Gasteiger partial charge on any atom is 0.191 e. The first-order chi connectivity index (χ1) is 12.2. The van der Waals surface area contributed by atoms with E-state index in [0.717, 1.165) is 29.6 Å². The average Bonchev–Trinajstić information content (AvgIpc) is 3.17. The summed E-state index contributed by atoms with van der Waals surface area (Å²) in [7, 11) is 3.43. The fourth-order valence-electron chi connectivity index (χ4n) is 2.43. The minimum Gasteiger partial charge on any atom is -0.493 e. The van der Waals surface area contributed by atoms with Gasteiger partial charge in [0.05, 0.1) is 13.7 Å². The Hall–Kier alpha value is -2.21. The second-order valence-corrected chi connectivity index (χ2v) is 6.62. The van der Waals surface area contributed by atoms with Gasteiger partial charge in [-0.1, -0.05) is 19.1 Å². The Morgan fingerprint density at radius 1 is 1.24 bits per heavy atom. The summed E-state index contributed by atoms with van der Waals surface area (Å²) >= 11 is 1.78. The van der Waals surface area contributed by atoms with Crippen molar-refractivity contribution < 1.29 is 9.47 Å². The van der Waals surface area contributed by atoms with Gasteiger partial charge in [-0.15, -0.1) is 11.3 Å². The van der Waals surface area contributed by atoms with Gasteiger partial charge in [0.25, 0.3) is 0 Å². The van der Waals surface area contributed by atoms with E-state index in [0.29, 0.717) is 19.1 Å². The van der Waals surface area contributed by atoms with Crippen molar-refractivity contribution in [2.24, 2.45) is 4.99 Å². The summed E-state index contributed by atoms with van der Waals surface area (Å²) < 4.78 is 10.9. The molecule has 136 valence electrons. The van der Waals surface area contributed by atoms with Gasteiger partial charge < -0.3 is 20.1 Å². The van der Waals surface area contributed by atoms with Gasteiger partial charge >= 0.3 is 0 Å². The third-order valence-electron chi connectivity index (χ3n) is 3.82. The molecular formula is C19H27N3O2S. The van der Waals surface area contributed by atoms with Crippen LogP contribution in [-0.4, -0.2) is 33.3 Å². The molecule has 0 amide bonds. The lowest BCUT2D eigenvalue weighted by Crippen LogP contribution is -2.38. The monoisotopic (exact) mass is 361 g/mol. The number of ether oxygens (including phenoxy) is 2. The van der Waals surface area contributed by atoms with Crippen molar-refractivity contribution in [3.8, 4) is 11.5 Å². The highest BCUT2D eigenvalue weighted by Gasteiger charge is 2.09. The van der Waals surface area contributed by atoms with Crippen molar-refractivity contribution in [1.29, 1.82) is 0 Å². The largest absolute Gasteiger partial charge is 0.493 e. The van der Waals surface area contributed by atoms with Crippen LogP contribution in [-0.2, 0) is 6.54 Å². The molecule has 1 heterocycles. The molecule has 1 aromatic carbocycles. The van der Waals surface area contributed by atoms with Gasteiger partial charge in [-0.05, 0) is 36.1 Å². The fraction of sp³-hybridized carbons (Fsp3) is 0.421. The van der Waals surface area contributed by atoms with Gasteiger partial charge in [0.15, 0.2) is 17.5 Å². The lowest BCUT2D eigenvalue weighted by Gasteiger charge is -2.16. The average molecular weight is 362 g/mol. The Bertz CT molecular complexity index is 671. The van der Waals surface area contributed by atoms with Gasteiger partial charge in [-0.25, -0.2) is 0 Å². The summed E-state index contributed by atoms with van der Waals surface area (Å²) in [6.45, 7) is 6.29. The number of nitrogens with zero attached hydrogens (tertiary/aromatic N) is 1. The number of rotatable bonds is 8. The quantitative estimate of drug-likeness (QED) is 0.557. The first-order valence-electron chi connectivity index (χ1n) is 8.45. The molecule has 6 heteroatoms. The Kier molecular flexibility index (Phi) is 7.60. The molecule has 1 aromatic heterocycles. The minimum absolute atomic E-state index is 0.448. The zero-order chi connectivity index (χ0) is 18.1. The van der Waals surface area contributed by atoms with E-state index in [-0.39, 0.29) is 0 Å². The molecule has 0 radical (unpaired) electrons. The van der Waals surface area contributed by atoms with E-state index in [1.54, 1.807) is 25.5 Å². The molecule has 0 saturated carbocycles. The van der Waals surface area contributed by atoms with Crippen molar-refractivity contribution in [3.05, 3.63) is 46.2 Å². The first kappa shape index (κ1) is 19.1. The molecule has 2 aromatic rings. The van der Waals surface area contributed by atoms with Crippen LogP contribution in [0.5, 0.6) is 11.5 Å². The molecule has 2 N–H and O–H groups in total. The fourth-order valence-corrected chi connectivity index (χ4v) is 3.21. The molecule has 0 aliphatic carbocycles. The summed E-state index contributed by atoms with van der Waals surface area (Å²) in [6, 6.07) is 10.2. The maximum absolute atomic E-state index is 5.62. The first-order valence-corrected chi connectivity index (χ1v) is 9.33. The molecule has 0 aliphatic heterocycles. The van der Waals surface area contributed by atoms with Gasteiger partial charge in [0.1, 0.15) is 0 Å². The third-order valence-corrected chi connectivity index (χ3v) is 4.92. The highest BCUT2D eigenvalue weighted by molar-refractivity contribution is 7.10. The van der Waals surface area contributed by atoms with Gasteiger partial charge in [-0.2, -0.15) is 0 Å². The standard InChI is InChI=1S/C19H27N3O2S/c1-5-24-17-11-15(8-9-16(17)23-4)13-22-19(20-3)21-12-14(2)18-7-6-10-25-18/h6-11,14H,5,12-13H2,1-4H3,(H2,20,21,22). The number of methoxy groups -OCH3 is 1. The van der Waals surface area contributed by atoms with Crippen molar-refractivity contribution in [3.63, 3.8) is 0 Å². The predicted molar refractivity (Wildman–Crippen MR) is 105 cm³/mol. The molecule has 0 aliphatic rings. The SMILES string of the molecule is CCOc1cc(CNC(=NC)NCC(C)c2cccs2)ccc1OC. The maximum atomic E-state index is 5.62. The summed E-state index contributed by atoms with van der Waals surface area (Å²) in [5.74, 6) is 2.75. The van der Waals surface area contributed by atoms with Crippen molar-refractivity contribution in [2.75, 3.05) is 27.3 Å². The highest BCUT2D eigenvalue weighted by Crippen LogP contribution is 2.28. The Labute approximate surface area is 154 Å². The van der Waals surface area contributed by atoms with E-state index in [9.17, 15) is 0 Å². The van der Waals surface area contributed by atoms with Crippen LogP contribution in [0.3, 0.4) is 0 Å². The van der Waals surface area contributed by atoms with Crippen molar-refractivity contribution in [1.82, 2.24) is 10.6 Å². The number of hydrogen-bond acceptors (Lipinski definition) is 4. The number of benzene rings is 1. The summed E-state index contributed by atoms with van der Waals surface area (Å²) in [5.41, 5.74) is 1.11. The summed E-state index contributed by atoms with van der Waals surface area (Å²) in [5, 5.41) is 8.83. The number of hydrogen-bond donors (Lipinski definition) is 2. The van der Waals surface area contributed by atoms with Crippen LogP contribution in [0.2, 0.25) is 0 Å². The Morgan fingerprint density at radius 3 is 2.72 bits per heavy atom. The lowest BCUT2D eigenvalue weighted by atomic mass is 10.1. The van der Waals surface area contributed by atoms with Crippen LogP contribution >= 0.6 is 11.3 Å². The molecule has 1 unspecified atom stereocenters. The molecule has 5 nitrogen and oxygen atoms in total. The Balaban J connectivity index is 1.89. The normalized spacial score (nSPS) is 12.6. The van der Waals surface area contributed by atoms with E-state index < -0.39 is 0 Å². The molecule has 0 bridgehead atoms. The van der Waals surface area contributed by atoms with Crippen LogP contribution in [0, 0.1) is 0 Å². The number of nitrogens with one attached hydrogen (secondary N) is 2. The topological polar surface area (TPSA) is 54.9 Å². The molecule has 0 saturated heterocycles. The van der Waals surface area contributed by atoms with Gasteiger partial charge in [0, 0.05) is 30.9 Å². The molecule has 0 spiro atoms. The zero-order valence-electron chi connectivity index (χ0n) is 15.3. The molecule has 1 atom stereocenters.